The van der Waals surface area contributed by atoms with Crippen molar-refractivity contribution >= 4 is 43.3 Å². The number of halogens is 1. The van der Waals surface area contributed by atoms with Crippen molar-refractivity contribution in [2.45, 2.75) is 0 Å². The van der Waals surface area contributed by atoms with Crippen LogP contribution in [0.2, 0.25) is 0 Å². The maximum atomic E-state index is 11.3. The number of esters is 1. The minimum atomic E-state index is -0.368. The van der Waals surface area contributed by atoms with Gasteiger partial charge < -0.3 is 4.74 Å². The molecule has 0 bridgehead atoms. The first-order valence-corrected chi connectivity index (χ1v) is 5.64. The Morgan fingerprint density at radius 1 is 1.60 bits per heavy atom. The van der Waals surface area contributed by atoms with Crippen LogP contribution in [0.15, 0.2) is 22.9 Å². The predicted molar refractivity (Wildman–Crippen MR) is 58.2 cm³/mol. The largest absolute Gasteiger partial charge is 0.465 e. The lowest BCUT2D eigenvalue weighted by Crippen LogP contribution is -2.28. The first-order chi connectivity index (χ1) is 7.11. The normalized spacial score (nSPS) is 10.5. The van der Waals surface area contributed by atoms with E-state index in [1.54, 1.807) is 6.07 Å². The van der Waals surface area contributed by atoms with E-state index in [1.165, 1.54) is 30.8 Å². The Kier molecular flexibility index (Phi) is 2.62. The molecule has 0 saturated heterocycles. The quantitative estimate of drug-likeness (QED) is 0.496. The molecule has 0 fully saturated rings. The third kappa shape index (κ3) is 1.82. The number of ether oxygens (including phenoxy) is 1. The first kappa shape index (κ1) is 10.4. The highest BCUT2D eigenvalue weighted by Gasteiger charge is 2.15. The summed E-state index contributed by atoms with van der Waals surface area (Å²) in [6.07, 6.45) is 3.05. The van der Waals surface area contributed by atoms with E-state index in [0.29, 0.717) is 4.88 Å². The molecule has 1 N–H and O–H groups in total. The molecule has 2 aromatic rings. The van der Waals surface area contributed by atoms with E-state index < -0.39 is 0 Å². The molecule has 4 nitrogen and oxygen atoms in total. The van der Waals surface area contributed by atoms with Crippen LogP contribution in [0.3, 0.4) is 0 Å². The van der Waals surface area contributed by atoms with Gasteiger partial charge >= 0.3 is 5.97 Å². The monoisotopic (exact) mass is 288 g/mol. The summed E-state index contributed by atoms with van der Waals surface area (Å²) >= 11 is 4.58. The molecule has 0 aliphatic heterocycles. The summed E-state index contributed by atoms with van der Waals surface area (Å²) in [5, 5.41) is 10.2. The van der Waals surface area contributed by atoms with Crippen molar-refractivity contribution in [3.8, 4) is 0 Å². The lowest BCUT2D eigenvalue weighted by molar-refractivity contribution is -0.904. The molecule has 0 aromatic carbocycles. The number of nitrogens with zero attached hydrogens (tertiary/aromatic N) is 1. The maximum Gasteiger partial charge on any atom is 0.348 e. The van der Waals surface area contributed by atoms with Crippen LogP contribution < -0.4 is 4.73 Å². The highest BCUT2D eigenvalue weighted by Crippen LogP contribution is 2.30. The van der Waals surface area contributed by atoms with Crippen molar-refractivity contribution < 1.29 is 19.5 Å². The number of hydrogen-bond acceptors (Lipinski definition) is 4. The molecular weight excluding hydrogens is 282 g/mol. The number of thiophene rings is 1. The molecule has 2 heterocycles. The molecule has 0 aliphatic rings. The van der Waals surface area contributed by atoms with Gasteiger partial charge in [-0.25, -0.2) is 4.79 Å². The van der Waals surface area contributed by atoms with Gasteiger partial charge in [0.05, 0.1) is 11.6 Å². The van der Waals surface area contributed by atoms with Crippen molar-refractivity contribution in [1.82, 2.24) is 0 Å². The zero-order valence-corrected chi connectivity index (χ0v) is 10.1. The lowest BCUT2D eigenvalue weighted by Gasteiger charge is -1.90. The van der Waals surface area contributed by atoms with Crippen molar-refractivity contribution in [2.24, 2.45) is 0 Å². The third-order valence-corrected chi connectivity index (χ3v) is 3.58. The Bertz CT molecular complexity index is 537. The van der Waals surface area contributed by atoms with Crippen LogP contribution in [-0.2, 0) is 4.74 Å². The van der Waals surface area contributed by atoms with Gasteiger partial charge in [0.2, 0.25) is 12.4 Å². The number of methoxy groups -OCH3 is 1. The van der Waals surface area contributed by atoms with Gasteiger partial charge in [-0.05, 0) is 22.0 Å². The van der Waals surface area contributed by atoms with Gasteiger partial charge in [0.1, 0.15) is 9.58 Å². The highest BCUT2D eigenvalue weighted by molar-refractivity contribution is 9.10. The molecule has 0 spiro atoms. The molecule has 0 radical (unpaired) electrons. The molecule has 0 unspecified atom stereocenters. The Labute approximate surface area is 97.8 Å². The number of hydrogen-bond donors (Lipinski definition) is 1. The van der Waals surface area contributed by atoms with E-state index in [2.05, 4.69) is 20.7 Å². The maximum absolute atomic E-state index is 11.3. The third-order valence-electron chi connectivity index (χ3n) is 1.90. The van der Waals surface area contributed by atoms with Gasteiger partial charge in [0, 0.05) is 10.1 Å². The molecule has 0 atom stereocenters. The van der Waals surface area contributed by atoms with Crippen LogP contribution in [-0.4, -0.2) is 18.3 Å². The van der Waals surface area contributed by atoms with Gasteiger partial charge in [0.25, 0.3) is 0 Å². The molecular formula is C9H7BrNO3S+. The smallest absolute Gasteiger partial charge is 0.348 e. The van der Waals surface area contributed by atoms with Crippen LogP contribution in [0, 0.1) is 0 Å². The summed E-state index contributed by atoms with van der Waals surface area (Å²) in [6.45, 7) is 0. The second-order valence-corrected chi connectivity index (χ2v) is 4.80. The van der Waals surface area contributed by atoms with Crippen molar-refractivity contribution in [3.63, 3.8) is 0 Å². The first-order valence-electron chi connectivity index (χ1n) is 4.03. The average molecular weight is 289 g/mol. The fourth-order valence-electron chi connectivity index (χ4n) is 1.23. The fraction of sp³-hybridized carbons (Fsp3) is 0.111. The van der Waals surface area contributed by atoms with E-state index in [0.717, 1.165) is 19.3 Å². The van der Waals surface area contributed by atoms with Crippen LogP contribution in [0.5, 0.6) is 0 Å². The summed E-state index contributed by atoms with van der Waals surface area (Å²) in [6, 6.07) is 1.73. The van der Waals surface area contributed by atoms with Gasteiger partial charge in [-0.2, -0.15) is 0 Å². The number of pyridine rings is 1. The van der Waals surface area contributed by atoms with Crippen LogP contribution in [0.4, 0.5) is 0 Å². The van der Waals surface area contributed by atoms with Crippen molar-refractivity contribution in [2.75, 3.05) is 7.11 Å². The minimum Gasteiger partial charge on any atom is -0.465 e. The summed E-state index contributed by atoms with van der Waals surface area (Å²) in [5.41, 5.74) is 0. The number of aromatic nitrogens is 1. The summed E-state index contributed by atoms with van der Waals surface area (Å²) in [4.78, 5) is 11.8. The van der Waals surface area contributed by atoms with E-state index >= 15 is 0 Å². The standard InChI is InChI=1S/C9H7BrNO3S/c1-14-9(12)7-2-5-6(10)3-11(13)4-8(5)15-7/h2-4,13H,1H3/q+1. The highest BCUT2D eigenvalue weighted by atomic mass is 79.9. The van der Waals surface area contributed by atoms with Crippen LogP contribution >= 0.6 is 27.3 Å². The molecule has 0 saturated carbocycles. The second kappa shape index (κ2) is 3.79. The molecule has 78 valence electrons. The Morgan fingerprint density at radius 2 is 2.33 bits per heavy atom. The van der Waals surface area contributed by atoms with Gasteiger partial charge in [-0.1, -0.05) is 0 Å². The lowest BCUT2D eigenvalue weighted by atomic mass is 10.3. The topological polar surface area (TPSA) is 50.4 Å². The Morgan fingerprint density at radius 3 is 3.00 bits per heavy atom. The average Bonchev–Trinajstić information content (AvgIpc) is 2.60. The summed E-state index contributed by atoms with van der Waals surface area (Å²) in [5.74, 6) is -0.368. The Balaban J connectivity index is 2.65. The molecule has 2 rings (SSSR count). The second-order valence-electron chi connectivity index (χ2n) is 2.87. The molecule has 2 aromatic heterocycles. The van der Waals surface area contributed by atoms with Crippen LogP contribution in [0.1, 0.15) is 9.67 Å². The number of rotatable bonds is 1. The number of fused-ring (bicyclic) bond motifs is 1. The van der Waals surface area contributed by atoms with E-state index in [9.17, 15) is 10.0 Å². The molecule has 0 aliphatic carbocycles. The zero-order chi connectivity index (χ0) is 11.0. The van der Waals surface area contributed by atoms with Crippen molar-refractivity contribution in [1.29, 1.82) is 0 Å². The predicted octanol–water partition coefficient (Wildman–Crippen LogP) is 1.98. The van der Waals surface area contributed by atoms with Gasteiger partial charge in [0.15, 0.2) is 0 Å². The van der Waals surface area contributed by atoms with E-state index in [-0.39, 0.29) is 5.97 Å². The molecule has 0 amide bonds. The molecule has 6 heteroatoms. The summed E-state index contributed by atoms with van der Waals surface area (Å²) in [7, 11) is 1.34. The minimum absolute atomic E-state index is 0.368. The fourth-order valence-corrected chi connectivity index (χ4v) is 2.92. The SMILES string of the molecule is COC(=O)c1cc2c(Br)c[n+](O)cc2s1. The Hall–Kier alpha value is -1.14. The van der Waals surface area contributed by atoms with Crippen molar-refractivity contribution in [3.05, 3.63) is 27.8 Å². The zero-order valence-electron chi connectivity index (χ0n) is 7.73. The number of carbonyl (C=O) groups is 1. The van der Waals surface area contributed by atoms with Crippen LogP contribution in [0.25, 0.3) is 10.1 Å². The number of carbonyl (C=O) groups excluding carboxylic acids is 1. The molecule has 15 heavy (non-hydrogen) atoms. The van der Waals surface area contributed by atoms with Gasteiger partial charge in [-0.15, -0.1) is 11.3 Å². The van der Waals surface area contributed by atoms with E-state index in [4.69, 9.17) is 0 Å². The van der Waals surface area contributed by atoms with E-state index in [1.807, 2.05) is 0 Å². The van der Waals surface area contributed by atoms with Gasteiger partial charge in [-0.3, -0.25) is 5.21 Å². The summed E-state index contributed by atoms with van der Waals surface area (Å²) < 4.78 is 7.11.